The second-order valence-electron chi connectivity index (χ2n) is 4.77. The molecule has 110 valence electrons. The number of carbonyl (C=O) groups excluding carboxylic acids is 1. The van der Waals surface area contributed by atoms with Crippen molar-refractivity contribution in [1.29, 1.82) is 0 Å². The summed E-state index contributed by atoms with van der Waals surface area (Å²) < 4.78 is 5.71. The zero-order valence-electron chi connectivity index (χ0n) is 11.4. The lowest BCUT2D eigenvalue weighted by Crippen LogP contribution is -2.38. The first kappa shape index (κ1) is 13.8. The summed E-state index contributed by atoms with van der Waals surface area (Å²) in [6.45, 7) is 1.84. The Kier molecular flexibility index (Phi) is 4.30. The van der Waals surface area contributed by atoms with Crippen molar-refractivity contribution in [3.05, 3.63) is 40.7 Å². The number of amides is 2. The minimum absolute atomic E-state index is 0.0193. The second kappa shape index (κ2) is 6.53. The lowest BCUT2D eigenvalue weighted by Gasteiger charge is -2.17. The average molecular weight is 304 g/mol. The van der Waals surface area contributed by atoms with Gasteiger partial charge in [-0.2, -0.15) is 5.10 Å². The van der Waals surface area contributed by atoms with Gasteiger partial charge in [-0.15, -0.1) is 16.4 Å². The molecule has 0 saturated carbocycles. The SMILES string of the molecule is O=C(NCc1cccs1)N1CC[C@@H](Oc2cccnn2)C1. The van der Waals surface area contributed by atoms with Gasteiger partial charge >= 0.3 is 6.03 Å². The quantitative estimate of drug-likeness (QED) is 0.937. The smallest absolute Gasteiger partial charge is 0.317 e. The fourth-order valence-corrected chi connectivity index (χ4v) is 2.86. The molecule has 1 aliphatic rings. The fraction of sp³-hybridized carbons (Fsp3) is 0.357. The zero-order valence-corrected chi connectivity index (χ0v) is 12.3. The highest BCUT2D eigenvalue weighted by molar-refractivity contribution is 7.09. The number of ether oxygens (including phenoxy) is 1. The summed E-state index contributed by atoms with van der Waals surface area (Å²) in [7, 11) is 0. The van der Waals surface area contributed by atoms with E-state index in [1.54, 1.807) is 34.6 Å². The number of nitrogens with zero attached hydrogens (tertiary/aromatic N) is 3. The molecule has 0 bridgehead atoms. The first-order valence-electron chi connectivity index (χ1n) is 6.81. The summed E-state index contributed by atoms with van der Waals surface area (Å²) in [4.78, 5) is 15.0. The minimum atomic E-state index is -0.0476. The Morgan fingerprint density at radius 3 is 3.19 bits per heavy atom. The number of urea groups is 1. The van der Waals surface area contributed by atoms with Crippen LogP contribution in [0.25, 0.3) is 0 Å². The van der Waals surface area contributed by atoms with E-state index in [1.807, 2.05) is 17.5 Å². The van der Waals surface area contributed by atoms with Crippen molar-refractivity contribution in [2.75, 3.05) is 13.1 Å². The number of hydrogen-bond acceptors (Lipinski definition) is 5. The third kappa shape index (κ3) is 3.69. The van der Waals surface area contributed by atoms with Crippen LogP contribution in [-0.2, 0) is 6.54 Å². The first-order valence-corrected chi connectivity index (χ1v) is 7.69. The maximum atomic E-state index is 12.1. The van der Waals surface area contributed by atoms with Gasteiger partial charge < -0.3 is 15.0 Å². The number of likely N-dealkylation sites (tertiary alicyclic amines) is 1. The van der Waals surface area contributed by atoms with Gasteiger partial charge in [0, 0.05) is 30.1 Å². The normalized spacial score (nSPS) is 17.7. The van der Waals surface area contributed by atoms with Gasteiger partial charge in [0.15, 0.2) is 0 Å². The molecule has 0 spiro atoms. The number of nitrogens with one attached hydrogen (secondary N) is 1. The lowest BCUT2D eigenvalue weighted by molar-refractivity contribution is 0.182. The monoisotopic (exact) mass is 304 g/mol. The molecule has 1 N–H and O–H groups in total. The average Bonchev–Trinajstić information content (AvgIpc) is 3.17. The molecular formula is C14H16N4O2S. The van der Waals surface area contributed by atoms with E-state index in [0.717, 1.165) is 11.3 Å². The Balaban J connectivity index is 1.46. The molecule has 0 aliphatic carbocycles. The van der Waals surface area contributed by atoms with Crippen LogP contribution in [-0.4, -0.2) is 40.3 Å². The van der Waals surface area contributed by atoms with Crippen LogP contribution < -0.4 is 10.1 Å². The third-order valence-electron chi connectivity index (χ3n) is 3.26. The van der Waals surface area contributed by atoms with Crippen molar-refractivity contribution in [2.24, 2.45) is 0 Å². The van der Waals surface area contributed by atoms with Gasteiger partial charge in [-0.05, 0) is 17.5 Å². The van der Waals surface area contributed by atoms with Gasteiger partial charge in [-0.25, -0.2) is 4.79 Å². The van der Waals surface area contributed by atoms with Crippen molar-refractivity contribution >= 4 is 17.4 Å². The highest BCUT2D eigenvalue weighted by Crippen LogP contribution is 2.16. The van der Waals surface area contributed by atoms with Crippen LogP contribution in [0, 0.1) is 0 Å². The van der Waals surface area contributed by atoms with Gasteiger partial charge in [0.05, 0.1) is 13.1 Å². The zero-order chi connectivity index (χ0) is 14.5. The predicted octanol–water partition coefficient (Wildman–Crippen LogP) is 1.90. The molecule has 3 heterocycles. The van der Waals surface area contributed by atoms with Crippen molar-refractivity contribution in [3.8, 4) is 5.88 Å². The van der Waals surface area contributed by atoms with Gasteiger partial charge in [0.25, 0.3) is 0 Å². The van der Waals surface area contributed by atoms with Crippen LogP contribution in [0.2, 0.25) is 0 Å². The minimum Gasteiger partial charge on any atom is -0.471 e. The van der Waals surface area contributed by atoms with E-state index in [1.165, 1.54) is 0 Å². The standard InChI is InChI=1S/C14H16N4O2S/c19-14(15-9-12-3-2-8-21-12)18-7-5-11(10-18)20-13-4-1-6-16-17-13/h1-4,6,8,11H,5,7,9-10H2,(H,15,19)/t11-/m1/s1. The molecule has 0 unspecified atom stereocenters. The van der Waals surface area contributed by atoms with Crippen LogP contribution in [0.3, 0.4) is 0 Å². The summed E-state index contributed by atoms with van der Waals surface area (Å²) >= 11 is 1.64. The Labute approximate surface area is 126 Å². The largest absolute Gasteiger partial charge is 0.471 e. The van der Waals surface area contributed by atoms with E-state index in [2.05, 4.69) is 15.5 Å². The second-order valence-corrected chi connectivity index (χ2v) is 5.81. The number of carbonyl (C=O) groups is 1. The first-order chi connectivity index (χ1) is 10.3. The van der Waals surface area contributed by atoms with Crippen molar-refractivity contribution in [1.82, 2.24) is 20.4 Å². The van der Waals surface area contributed by atoms with Crippen molar-refractivity contribution < 1.29 is 9.53 Å². The molecule has 2 amide bonds. The molecule has 0 radical (unpaired) electrons. The van der Waals surface area contributed by atoms with E-state index in [-0.39, 0.29) is 12.1 Å². The van der Waals surface area contributed by atoms with Gasteiger partial charge in [0.2, 0.25) is 5.88 Å². The van der Waals surface area contributed by atoms with E-state index < -0.39 is 0 Å². The number of hydrogen-bond donors (Lipinski definition) is 1. The van der Waals surface area contributed by atoms with E-state index in [4.69, 9.17) is 4.74 Å². The van der Waals surface area contributed by atoms with Crippen molar-refractivity contribution in [2.45, 2.75) is 19.1 Å². The van der Waals surface area contributed by atoms with Gasteiger partial charge in [0.1, 0.15) is 6.10 Å². The molecule has 1 atom stereocenters. The summed E-state index contributed by atoms with van der Waals surface area (Å²) in [6, 6.07) is 7.49. The van der Waals surface area contributed by atoms with E-state index in [9.17, 15) is 4.79 Å². The highest BCUT2D eigenvalue weighted by Gasteiger charge is 2.27. The molecular weight excluding hydrogens is 288 g/mol. The summed E-state index contributed by atoms with van der Waals surface area (Å²) in [5.74, 6) is 0.503. The molecule has 6 nitrogen and oxygen atoms in total. The molecule has 0 aromatic carbocycles. The molecule has 2 aromatic rings. The Bertz CT molecular complexity index is 576. The fourth-order valence-electron chi connectivity index (χ4n) is 2.22. The van der Waals surface area contributed by atoms with Crippen LogP contribution in [0.1, 0.15) is 11.3 Å². The molecule has 1 aliphatic heterocycles. The van der Waals surface area contributed by atoms with Crippen LogP contribution in [0.4, 0.5) is 4.79 Å². The summed E-state index contributed by atoms with van der Waals surface area (Å²) in [6.07, 6.45) is 2.39. The van der Waals surface area contributed by atoms with Gasteiger partial charge in [-0.1, -0.05) is 6.07 Å². The molecule has 3 rings (SSSR count). The summed E-state index contributed by atoms with van der Waals surface area (Å²) in [5, 5.41) is 12.6. The van der Waals surface area contributed by atoms with Gasteiger partial charge in [-0.3, -0.25) is 0 Å². The molecule has 2 aromatic heterocycles. The van der Waals surface area contributed by atoms with Crippen LogP contribution in [0.5, 0.6) is 5.88 Å². The highest BCUT2D eigenvalue weighted by atomic mass is 32.1. The number of thiophene rings is 1. The maximum Gasteiger partial charge on any atom is 0.317 e. The molecule has 7 heteroatoms. The van der Waals surface area contributed by atoms with Crippen molar-refractivity contribution in [3.63, 3.8) is 0 Å². The number of aromatic nitrogens is 2. The van der Waals surface area contributed by atoms with Crippen LogP contribution >= 0.6 is 11.3 Å². The predicted molar refractivity (Wildman–Crippen MR) is 79.2 cm³/mol. The Morgan fingerprint density at radius 1 is 1.48 bits per heavy atom. The summed E-state index contributed by atoms with van der Waals surface area (Å²) in [5.41, 5.74) is 0. The molecule has 21 heavy (non-hydrogen) atoms. The van der Waals surface area contributed by atoms with E-state index >= 15 is 0 Å². The topological polar surface area (TPSA) is 67.4 Å². The van der Waals surface area contributed by atoms with E-state index in [0.29, 0.717) is 25.5 Å². The third-order valence-corrected chi connectivity index (χ3v) is 4.14. The molecule has 1 fully saturated rings. The lowest BCUT2D eigenvalue weighted by atomic mass is 10.3. The number of rotatable bonds is 4. The maximum absolute atomic E-state index is 12.1. The van der Waals surface area contributed by atoms with Crippen LogP contribution in [0.15, 0.2) is 35.8 Å². The molecule has 1 saturated heterocycles. The Morgan fingerprint density at radius 2 is 2.43 bits per heavy atom. The Hall–Kier alpha value is -2.15.